The van der Waals surface area contributed by atoms with Gasteiger partial charge in [-0.1, -0.05) is 289 Å². The summed E-state index contributed by atoms with van der Waals surface area (Å²) in [6.07, 6.45) is 90.9. The summed E-state index contributed by atoms with van der Waals surface area (Å²) in [7, 11) is 1.14. The monoisotopic (exact) mass is 1170 g/mol. The molecule has 9 nitrogen and oxygen atoms in total. The van der Waals surface area contributed by atoms with Crippen LogP contribution in [0.3, 0.4) is 0 Å². The van der Waals surface area contributed by atoms with Crippen LogP contribution in [0, 0.1) is 0 Å². The standard InChI is InChI=1S/C73H124NO8P/c1-6-8-10-12-14-16-18-20-22-24-26-28-29-30-31-32-33-34-35-36-37-38-39-40-41-42-43-44-45-46-48-50-52-54-56-58-60-62-64-66-73(76)82-71(70-81-83(77,78)80-68-67-74(3,4)5)69-79-72(75)65-63-61-59-57-55-53-51-49-47-27-25-23-21-19-17-15-13-11-9-7-2/h8,10,14,16,20,22,26,28,30-31,33-34,36-37,39-40,42-43,45-46,50,52,71H,6-7,9,11-13,15,17-19,21,23-25,27,29,32,35,38,41,44,47-49,51,53-70H2,1-5H3/b10-8-,16-14-,22-20-,28-26-,31-30-,34-33-,37-36-,40-39-,43-42-,46-45-,52-50-. The predicted octanol–water partition coefficient (Wildman–Crippen LogP) is 21.0. The van der Waals surface area contributed by atoms with Crippen LogP contribution in [0.4, 0.5) is 0 Å². The summed E-state index contributed by atoms with van der Waals surface area (Å²) in [6.45, 7) is 4.11. The maximum absolute atomic E-state index is 12.8. The van der Waals surface area contributed by atoms with Gasteiger partial charge in [-0.25, -0.2) is 0 Å². The Morgan fingerprint density at radius 3 is 1.02 bits per heavy atom. The van der Waals surface area contributed by atoms with E-state index in [-0.39, 0.29) is 32.0 Å². The third kappa shape index (κ3) is 67.2. The maximum atomic E-state index is 12.8. The van der Waals surface area contributed by atoms with Crippen LogP contribution in [0.2, 0.25) is 0 Å². The molecule has 10 heteroatoms. The Kier molecular flexibility index (Phi) is 59.8. The molecule has 2 atom stereocenters. The Hall–Kier alpha value is -3.85. The SMILES string of the molecule is CC/C=C\C/C=C\C/C=C\C/C=C\C/C=C\C/C=C\C/C=C\C/C=C\C/C=C\C/C=C\C/C=C\CCCCCCCC(=O)OC(COC(=O)CCCCCCCCCCCCCCCCCCCCCC)COP(=O)([O-])OCC[N+](C)(C)C. The second-order valence-corrected chi connectivity index (χ2v) is 24.5. The number of hydrogen-bond acceptors (Lipinski definition) is 8. The van der Waals surface area contributed by atoms with Gasteiger partial charge in [-0.05, 0) is 96.3 Å². The number of esters is 2. The lowest BCUT2D eigenvalue weighted by atomic mass is 10.0. The van der Waals surface area contributed by atoms with Gasteiger partial charge >= 0.3 is 11.9 Å². The van der Waals surface area contributed by atoms with Crippen LogP contribution in [0.25, 0.3) is 0 Å². The van der Waals surface area contributed by atoms with E-state index in [9.17, 15) is 19.0 Å². The van der Waals surface area contributed by atoms with E-state index in [4.69, 9.17) is 18.5 Å². The van der Waals surface area contributed by atoms with E-state index in [1.165, 1.54) is 109 Å². The molecule has 2 unspecified atom stereocenters. The number of carbonyl (C=O) groups is 2. The van der Waals surface area contributed by atoms with E-state index in [0.717, 1.165) is 122 Å². The van der Waals surface area contributed by atoms with Crippen LogP contribution < -0.4 is 4.89 Å². The van der Waals surface area contributed by atoms with Crippen molar-refractivity contribution in [3.8, 4) is 0 Å². The summed E-state index contributed by atoms with van der Waals surface area (Å²) >= 11 is 0. The molecule has 0 radical (unpaired) electrons. The molecule has 0 rings (SSSR count). The molecule has 0 spiro atoms. The van der Waals surface area contributed by atoms with Gasteiger partial charge in [0.2, 0.25) is 0 Å². The van der Waals surface area contributed by atoms with Crippen LogP contribution in [-0.2, 0) is 32.7 Å². The highest BCUT2D eigenvalue weighted by atomic mass is 31.2. The Balaban J connectivity index is 4.17. The summed E-state index contributed by atoms with van der Waals surface area (Å²) in [4.78, 5) is 38.0. The van der Waals surface area contributed by atoms with E-state index in [1.807, 2.05) is 21.1 Å². The molecule has 0 N–H and O–H groups in total. The smallest absolute Gasteiger partial charge is 0.306 e. The van der Waals surface area contributed by atoms with Crippen molar-refractivity contribution < 1.29 is 42.1 Å². The summed E-state index contributed by atoms with van der Waals surface area (Å²) in [5.74, 6) is -0.855. The molecule has 0 saturated carbocycles. The first-order valence-corrected chi connectivity index (χ1v) is 34.9. The molecule has 0 fully saturated rings. The number of ether oxygens (including phenoxy) is 2. The molecule has 0 aromatic heterocycles. The highest BCUT2D eigenvalue weighted by molar-refractivity contribution is 7.45. The lowest BCUT2D eigenvalue weighted by molar-refractivity contribution is -0.870. The summed E-state index contributed by atoms with van der Waals surface area (Å²) in [5, 5.41) is 0. The average Bonchev–Trinajstić information content (AvgIpc) is 3.48. The van der Waals surface area contributed by atoms with E-state index in [1.54, 1.807) is 0 Å². The highest BCUT2D eigenvalue weighted by Gasteiger charge is 2.22. The quantitative estimate of drug-likeness (QED) is 0.0195. The Morgan fingerprint density at radius 1 is 0.386 bits per heavy atom. The number of rotatable bonds is 60. The molecule has 0 aliphatic rings. The summed E-state index contributed by atoms with van der Waals surface area (Å²) in [6, 6.07) is 0. The van der Waals surface area contributed by atoms with Crippen molar-refractivity contribution in [1.82, 2.24) is 0 Å². The number of quaternary nitrogens is 1. The molecule has 0 aromatic carbocycles. The molecule has 83 heavy (non-hydrogen) atoms. The number of carbonyl (C=O) groups excluding carboxylic acids is 2. The largest absolute Gasteiger partial charge is 0.756 e. The van der Waals surface area contributed by atoms with Crippen molar-refractivity contribution in [1.29, 1.82) is 0 Å². The fourth-order valence-electron chi connectivity index (χ4n) is 8.84. The Labute approximate surface area is 511 Å². The van der Waals surface area contributed by atoms with Crippen LogP contribution in [0.1, 0.15) is 264 Å². The van der Waals surface area contributed by atoms with Gasteiger partial charge in [-0.3, -0.25) is 14.2 Å². The van der Waals surface area contributed by atoms with Gasteiger partial charge in [0, 0.05) is 12.8 Å². The van der Waals surface area contributed by atoms with Crippen LogP contribution >= 0.6 is 7.82 Å². The molecular weight excluding hydrogens is 1050 g/mol. The number of allylic oxidation sites excluding steroid dienone is 22. The first kappa shape index (κ1) is 79.2. The van der Waals surface area contributed by atoms with E-state index >= 15 is 0 Å². The van der Waals surface area contributed by atoms with Crippen molar-refractivity contribution in [2.75, 3.05) is 47.5 Å². The number of unbranched alkanes of at least 4 members (excludes halogenated alkanes) is 24. The minimum Gasteiger partial charge on any atom is -0.756 e. The fourth-order valence-corrected chi connectivity index (χ4v) is 9.57. The first-order valence-electron chi connectivity index (χ1n) is 33.4. The average molecular weight is 1170 g/mol. The van der Waals surface area contributed by atoms with E-state index < -0.39 is 26.5 Å². The molecule has 0 aliphatic carbocycles. The second kappa shape index (κ2) is 62.7. The maximum Gasteiger partial charge on any atom is 0.306 e. The zero-order chi connectivity index (χ0) is 60.5. The van der Waals surface area contributed by atoms with Gasteiger partial charge in [0.25, 0.3) is 7.82 Å². The number of nitrogens with zero attached hydrogens (tertiary/aromatic N) is 1. The molecule has 0 amide bonds. The van der Waals surface area contributed by atoms with Gasteiger partial charge < -0.3 is 27.9 Å². The number of phosphoric ester groups is 1. The molecule has 474 valence electrons. The third-order valence-electron chi connectivity index (χ3n) is 13.9. The summed E-state index contributed by atoms with van der Waals surface area (Å²) in [5.41, 5.74) is 0. The second-order valence-electron chi connectivity index (χ2n) is 23.1. The Morgan fingerprint density at radius 2 is 0.687 bits per heavy atom. The van der Waals surface area contributed by atoms with Gasteiger partial charge in [0.1, 0.15) is 19.8 Å². The van der Waals surface area contributed by atoms with Gasteiger partial charge in [-0.15, -0.1) is 0 Å². The highest BCUT2D eigenvalue weighted by Crippen LogP contribution is 2.38. The van der Waals surface area contributed by atoms with Crippen LogP contribution in [0.15, 0.2) is 134 Å². The minimum absolute atomic E-state index is 0.0400. The number of likely N-dealkylation sites (N-methyl/N-ethyl adjacent to an activating group) is 1. The van der Waals surface area contributed by atoms with Crippen molar-refractivity contribution in [3.63, 3.8) is 0 Å². The van der Waals surface area contributed by atoms with Crippen LogP contribution in [-0.4, -0.2) is 70.0 Å². The summed E-state index contributed by atoms with van der Waals surface area (Å²) < 4.78 is 34.2. The lowest BCUT2D eigenvalue weighted by Gasteiger charge is -2.28. The zero-order valence-electron chi connectivity index (χ0n) is 53.8. The lowest BCUT2D eigenvalue weighted by Crippen LogP contribution is -2.37. The predicted molar refractivity (Wildman–Crippen MR) is 355 cm³/mol. The zero-order valence-corrected chi connectivity index (χ0v) is 54.7. The van der Waals surface area contributed by atoms with Crippen LogP contribution in [0.5, 0.6) is 0 Å². The Bertz CT molecular complexity index is 1860. The minimum atomic E-state index is -4.65. The molecule has 0 aromatic rings. The molecule has 0 aliphatic heterocycles. The first-order chi connectivity index (χ1) is 40.5. The van der Waals surface area contributed by atoms with Gasteiger partial charge in [0.15, 0.2) is 6.10 Å². The van der Waals surface area contributed by atoms with Crippen molar-refractivity contribution in [2.24, 2.45) is 0 Å². The van der Waals surface area contributed by atoms with Crippen molar-refractivity contribution in [2.45, 2.75) is 270 Å². The molecule has 0 saturated heterocycles. The number of hydrogen-bond donors (Lipinski definition) is 0. The normalized spacial score (nSPS) is 14.0. The molecule has 0 bridgehead atoms. The number of phosphoric acid groups is 1. The molecular formula is C73H124NO8P. The van der Waals surface area contributed by atoms with Gasteiger partial charge in [0.05, 0.1) is 27.7 Å². The topological polar surface area (TPSA) is 111 Å². The van der Waals surface area contributed by atoms with Crippen molar-refractivity contribution in [3.05, 3.63) is 134 Å². The van der Waals surface area contributed by atoms with Crippen molar-refractivity contribution >= 4 is 19.8 Å². The fraction of sp³-hybridized carbons (Fsp3) is 0.671. The van der Waals surface area contributed by atoms with E-state index in [0.29, 0.717) is 17.4 Å². The third-order valence-corrected chi connectivity index (χ3v) is 14.9. The van der Waals surface area contributed by atoms with E-state index in [2.05, 4.69) is 148 Å². The molecule has 0 heterocycles. The van der Waals surface area contributed by atoms with Gasteiger partial charge in [-0.2, -0.15) is 0 Å².